The summed E-state index contributed by atoms with van der Waals surface area (Å²) < 4.78 is 0. The molecule has 0 saturated carbocycles. The number of unbranched alkanes of at least 4 members (excludes halogenated alkanes) is 1. The van der Waals surface area contributed by atoms with Crippen molar-refractivity contribution in [2.24, 2.45) is 0 Å². The lowest BCUT2D eigenvalue weighted by Gasteiger charge is -2.28. The molecule has 0 aliphatic rings. The van der Waals surface area contributed by atoms with Gasteiger partial charge in [0.15, 0.2) is 0 Å². The van der Waals surface area contributed by atoms with Crippen LogP contribution in [0.3, 0.4) is 0 Å². The summed E-state index contributed by atoms with van der Waals surface area (Å²) in [6.07, 6.45) is 5.76. The van der Waals surface area contributed by atoms with Gasteiger partial charge in [-0.05, 0) is 40.0 Å². The highest BCUT2D eigenvalue weighted by atomic mass is 16.2. The molecule has 0 saturated heterocycles. The van der Waals surface area contributed by atoms with Crippen molar-refractivity contribution in [2.45, 2.75) is 71.4 Å². The molecule has 86 valence electrons. The molecule has 0 bridgehead atoms. The van der Waals surface area contributed by atoms with Gasteiger partial charge in [0.25, 0.3) is 0 Å². The Kier molecular flexibility index (Phi) is 7.20. The van der Waals surface area contributed by atoms with E-state index in [0.29, 0.717) is 12.6 Å². The first kappa shape index (κ1) is 13.9. The average Bonchev–Trinajstić information content (AvgIpc) is 2.07. The van der Waals surface area contributed by atoms with Crippen LogP contribution in [0.5, 0.6) is 0 Å². The topological polar surface area (TPSA) is 32.3 Å². The Morgan fingerprint density at radius 3 is 2.14 bits per heavy atom. The van der Waals surface area contributed by atoms with Crippen LogP contribution in [0.25, 0.3) is 0 Å². The van der Waals surface area contributed by atoms with Crippen LogP contribution in [0.4, 0.5) is 0 Å². The van der Waals surface area contributed by atoms with Crippen LogP contribution in [-0.4, -0.2) is 23.3 Å². The molecule has 0 aliphatic carbocycles. The van der Waals surface area contributed by atoms with Crippen molar-refractivity contribution < 1.29 is 5.11 Å². The second-order valence-corrected chi connectivity index (χ2v) is 5.10. The third-order valence-corrected chi connectivity index (χ3v) is 2.25. The monoisotopic (exact) mass is 201 g/mol. The fourth-order valence-electron chi connectivity index (χ4n) is 1.69. The number of aliphatic hydroxyl groups excluding tert-OH is 1. The van der Waals surface area contributed by atoms with Gasteiger partial charge in [0.1, 0.15) is 0 Å². The fraction of sp³-hybridized carbons (Fsp3) is 1.00. The van der Waals surface area contributed by atoms with Gasteiger partial charge in [-0.15, -0.1) is 0 Å². The van der Waals surface area contributed by atoms with E-state index in [9.17, 15) is 0 Å². The Balaban J connectivity index is 3.84. The Bertz CT molecular complexity index is 121. The molecule has 0 heterocycles. The fourth-order valence-corrected chi connectivity index (χ4v) is 1.69. The minimum atomic E-state index is 0.188. The molecule has 0 rings (SSSR count). The Morgan fingerprint density at radius 1 is 1.14 bits per heavy atom. The standard InChI is InChI=1S/C12H27NO/c1-5-6-8-11(9-7-10-14)13-12(2,3)4/h11,13-14H,5-10H2,1-4H3/t11-/m1/s1. The zero-order chi connectivity index (χ0) is 11.0. The van der Waals surface area contributed by atoms with Gasteiger partial charge in [-0.3, -0.25) is 0 Å². The number of hydrogen-bond donors (Lipinski definition) is 2. The predicted molar refractivity (Wildman–Crippen MR) is 62.5 cm³/mol. The van der Waals surface area contributed by atoms with Crippen molar-refractivity contribution in [3.05, 3.63) is 0 Å². The van der Waals surface area contributed by atoms with Gasteiger partial charge >= 0.3 is 0 Å². The second-order valence-electron chi connectivity index (χ2n) is 5.10. The first-order chi connectivity index (χ1) is 6.49. The van der Waals surface area contributed by atoms with Crippen molar-refractivity contribution in [2.75, 3.05) is 6.61 Å². The maximum atomic E-state index is 8.81. The van der Waals surface area contributed by atoms with Crippen molar-refractivity contribution in [1.82, 2.24) is 5.32 Å². The van der Waals surface area contributed by atoms with E-state index in [4.69, 9.17) is 5.11 Å². The summed E-state index contributed by atoms with van der Waals surface area (Å²) in [5.41, 5.74) is 0.188. The van der Waals surface area contributed by atoms with Crippen molar-refractivity contribution in [3.8, 4) is 0 Å². The minimum absolute atomic E-state index is 0.188. The van der Waals surface area contributed by atoms with Gasteiger partial charge in [-0.2, -0.15) is 0 Å². The zero-order valence-corrected chi connectivity index (χ0v) is 10.3. The molecule has 0 amide bonds. The lowest BCUT2D eigenvalue weighted by Crippen LogP contribution is -2.43. The van der Waals surface area contributed by atoms with Crippen LogP contribution >= 0.6 is 0 Å². The normalized spacial score (nSPS) is 14.4. The quantitative estimate of drug-likeness (QED) is 0.664. The molecule has 0 aliphatic heterocycles. The molecular weight excluding hydrogens is 174 g/mol. The van der Waals surface area contributed by atoms with Gasteiger partial charge in [-0.1, -0.05) is 19.8 Å². The zero-order valence-electron chi connectivity index (χ0n) is 10.3. The SMILES string of the molecule is CCCC[C@H](CCCO)NC(C)(C)C. The summed E-state index contributed by atoms with van der Waals surface area (Å²) in [6, 6.07) is 0.571. The van der Waals surface area contributed by atoms with Crippen LogP contribution in [0.2, 0.25) is 0 Å². The molecule has 2 N–H and O–H groups in total. The van der Waals surface area contributed by atoms with Gasteiger partial charge < -0.3 is 10.4 Å². The summed E-state index contributed by atoms with van der Waals surface area (Å²) in [7, 11) is 0. The molecular formula is C12H27NO. The molecule has 0 radical (unpaired) electrons. The Labute approximate surface area is 89.1 Å². The molecule has 2 heteroatoms. The molecule has 0 unspecified atom stereocenters. The van der Waals surface area contributed by atoms with E-state index in [2.05, 4.69) is 33.0 Å². The largest absolute Gasteiger partial charge is 0.396 e. The van der Waals surface area contributed by atoms with E-state index in [1.54, 1.807) is 0 Å². The van der Waals surface area contributed by atoms with Crippen LogP contribution in [0.15, 0.2) is 0 Å². The highest BCUT2D eigenvalue weighted by Crippen LogP contribution is 2.11. The minimum Gasteiger partial charge on any atom is -0.396 e. The molecule has 0 aromatic heterocycles. The highest BCUT2D eigenvalue weighted by molar-refractivity contribution is 4.77. The summed E-state index contributed by atoms with van der Waals surface area (Å²) in [6.45, 7) is 9.13. The highest BCUT2D eigenvalue weighted by Gasteiger charge is 2.16. The molecule has 14 heavy (non-hydrogen) atoms. The van der Waals surface area contributed by atoms with E-state index >= 15 is 0 Å². The summed E-state index contributed by atoms with van der Waals surface area (Å²) in [5.74, 6) is 0. The van der Waals surface area contributed by atoms with Crippen molar-refractivity contribution in [3.63, 3.8) is 0 Å². The van der Waals surface area contributed by atoms with Gasteiger partial charge in [-0.25, -0.2) is 0 Å². The Hall–Kier alpha value is -0.0800. The molecule has 2 nitrogen and oxygen atoms in total. The molecule has 0 spiro atoms. The van der Waals surface area contributed by atoms with Gasteiger partial charge in [0, 0.05) is 18.2 Å². The number of rotatable bonds is 7. The smallest absolute Gasteiger partial charge is 0.0431 e. The van der Waals surface area contributed by atoms with Gasteiger partial charge in [0.05, 0.1) is 0 Å². The molecule has 0 aromatic carbocycles. The van der Waals surface area contributed by atoms with E-state index in [-0.39, 0.29) is 5.54 Å². The summed E-state index contributed by atoms with van der Waals surface area (Å²) in [4.78, 5) is 0. The first-order valence-electron chi connectivity index (χ1n) is 5.88. The average molecular weight is 201 g/mol. The van der Waals surface area contributed by atoms with Crippen LogP contribution in [-0.2, 0) is 0 Å². The van der Waals surface area contributed by atoms with E-state index in [1.807, 2.05) is 0 Å². The number of nitrogens with one attached hydrogen (secondary N) is 1. The predicted octanol–water partition coefficient (Wildman–Crippen LogP) is 2.71. The number of hydrogen-bond acceptors (Lipinski definition) is 2. The lowest BCUT2D eigenvalue weighted by molar-refractivity contribution is 0.258. The van der Waals surface area contributed by atoms with E-state index in [1.165, 1.54) is 19.3 Å². The molecule has 1 atom stereocenters. The van der Waals surface area contributed by atoms with Crippen LogP contribution in [0, 0.1) is 0 Å². The molecule has 0 aromatic rings. The summed E-state index contributed by atoms with van der Waals surface area (Å²) >= 11 is 0. The maximum absolute atomic E-state index is 8.81. The van der Waals surface area contributed by atoms with Gasteiger partial charge in [0.2, 0.25) is 0 Å². The van der Waals surface area contributed by atoms with Crippen molar-refractivity contribution >= 4 is 0 Å². The third-order valence-electron chi connectivity index (χ3n) is 2.25. The first-order valence-corrected chi connectivity index (χ1v) is 5.88. The second kappa shape index (κ2) is 7.24. The van der Waals surface area contributed by atoms with Crippen LogP contribution < -0.4 is 5.32 Å². The lowest BCUT2D eigenvalue weighted by atomic mass is 10.00. The summed E-state index contributed by atoms with van der Waals surface area (Å²) in [5, 5.41) is 12.4. The van der Waals surface area contributed by atoms with E-state index in [0.717, 1.165) is 12.8 Å². The van der Waals surface area contributed by atoms with E-state index < -0.39 is 0 Å². The molecule has 0 fully saturated rings. The Morgan fingerprint density at radius 2 is 1.71 bits per heavy atom. The third kappa shape index (κ3) is 8.52. The maximum Gasteiger partial charge on any atom is 0.0431 e. The van der Waals surface area contributed by atoms with Crippen molar-refractivity contribution in [1.29, 1.82) is 0 Å². The van der Waals surface area contributed by atoms with Crippen LogP contribution in [0.1, 0.15) is 59.8 Å². The number of aliphatic hydroxyl groups is 1.